The molecule has 0 amide bonds. The second kappa shape index (κ2) is 6.19. The molecule has 0 aliphatic heterocycles. The molecule has 0 aromatic heterocycles. The average molecular weight is 254 g/mol. The second-order valence-electron chi connectivity index (χ2n) is 4.77. The zero-order valence-corrected chi connectivity index (χ0v) is 11.0. The van der Waals surface area contributed by atoms with E-state index in [9.17, 15) is 4.79 Å². The summed E-state index contributed by atoms with van der Waals surface area (Å²) in [5, 5.41) is 8.73. The monoisotopic (exact) mass is 254 g/mol. The van der Waals surface area contributed by atoms with E-state index in [0.717, 1.165) is 5.56 Å². The summed E-state index contributed by atoms with van der Waals surface area (Å²) in [5.41, 5.74) is 3.59. The molecule has 2 heteroatoms. The predicted molar refractivity (Wildman–Crippen MR) is 76.4 cm³/mol. The van der Waals surface area contributed by atoms with Gasteiger partial charge in [0, 0.05) is 12.3 Å². The SMILES string of the molecule is CC(c1ccccc1)c1cccc(CCC(=O)O)c1. The number of benzene rings is 2. The van der Waals surface area contributed by atoms with E-state index in [4.69, 9.17) is 5.11 Å². The van der Waals surface area contributed by atoms with Crippen molar-refractivity contribution in [3.05, 3.63) is 71.3 Å². The van der Waals surface area contributed by atoms with Crippen molar-refractivity contribution in [3.8, 4) is 0 Å². The van der Waals surface area contributed by atoms with E-state index in [1.54, 1.807) is 0 Å². The molecule has 0 fully saturated rings. The van der Waals surface area contributed by atoms with Gasteiger partial charge in [-0.1, -0.05) is 61.5 Å². The maximum Gasteiger partial charge on any atom is 0.303 e. The molecular formula is C17H18O2. The fraction of sp³-hybridized carbons (Fsp3) is 0.235. The van der Waals surface area contributed by atoms with Gasteiger partial charge in [0.15, 0.2) is 0 Å². The molecule has 0 saturated heterocycles. The van der Waals surface area contributed by atoms with Gasteiger partial charge in [0.25, 0.3) is 0 Å². The van der Waals surface area contributed by atoms with Crippen LogP contribution in [0.4, 0.5) is 0 Å². The molecule has 0 aliphatic carbocycles. The highest BCUT2D eigenvalue weighted by molar-refractivity contribution is 5.67. The van der Waals surface area contributed by atoms with Crippen LogP contribution in [0.3, 0.4) is 0 Å². The largest absolute Gasteiger partial charge is 0.481 e. The van der Waals surface area contributed by atoms with E-state index < -0.39 is 5.97 Å². The molecule has 2 aromatic rings. The van der Waals surface area contributed by atoms with Gasteiger partial charge in [-0.2, -0.15) is 0 Å². The van der Waals surface area contributed by atoms with Gasteiger partial charge in [-0.05, 0) is 23.1 Å². The smallest absolute Gasteiger partial charge is 0.303 e. The number of carboxylic acid groups (broad SMARTS) is 1. The summed E-state index contributed by atoms with van der Waals surface area (Å²) in [7, 11) is 0. The summed E-state index contributed by atoms with van der Waals surface area (Å²) in [5.74, 6) is -0.424. The van der Waals surface area contributed by atoms with Crippen LogP contribution >= 0.6 is 0 Å². The summed E-state index contributed by atoms with van der Waals surface area (Å²) in [6, 6.07) is 18.5. The van der Waals surface area contributed by atoms with Crippen molar-refractivity contribution in [2.24, 2.45) is 0 Å². The Hall–Kier alpha value is -2.09. The minimum atomic E-state index is -0.749. The third-order valence-electron chi connectivity index (χ3n) is 3.38. The highest BCUT2D eigenvalue weighted by Gasteiger charge is 2.08. The number of carbonyl (C=O) groups is 1. The first-order valence-electron chi connectivity index (χ1n) is 6.52. The first-order chi connectivity index (χ1) is 9.16. The van der Waals surface area contributed by atoms with Gasteiger partial charge in [0.2, 0.25) is 0 Å². The lowest BCUT2D eigenvalue weighted by Crippen LogP contribution is -2.00. The van der Waals surface area contributed by atoms with Crippen molar-refractivity contribution >= 4 is 5.97 Å². The normalized spacial score (nSPS) is 12.1. The van der Waals surface area contributed by atoms with Gasteiger partial charge in [0.05, 0.1) is 0 Å². The number of aryl methyl sites for hydroxylation is 1. The van der Waals surface area contributed by atoms with Gasteiger partial charge in [-0.15, -0.1) is 0 Å². The van der Waals surface area contributed by atoms with Crippen molar-refractivity contribution in [3.63, 3.8) is 0 Å². The number of carboxylic acids is 1. The van der Waals surface area contributed by atoms with Crippen LogP contribution in [0.2, 0.25) is 0 Å². The van der Waals surface area contributed by atoms with Crippen molar-refractivity contribution < 1.29 is 9.90 Å². The minimum Gasteiger partial charge on any atom is -0.481 e. The fourth-order valence-electron chi connectivity index (χ4n) is 2.20. The number of hydrogen-bond donors (Lipinski definition) is 1. The molecule has 1 atom stereocenters. The van der Waals surface area contributed by atoms with E-state index in [1.807, 2.05) is 30.3 Å². The summed E-state index contributed by atoms with van der Waals surface area (Å²) in [6.07, 6.45) is 0.772. The predicted octanol–water partition coefficient (Wildman–Crippen LogP) is 3.86. The maximum absolute atomic E-state index is 10.6. The van der Waals surface area contributed by atoms with Crippen LogP contribution in [0.1, 0.15) is 36.0 Å². The fourth-order valence-corrected chi connectivity index (χ4v) is 2.20. The van der Waals surface area contributed by atoms with E-state index in [2.05, 4.69) is 31.2 Å². The van der Waals surface area contributed by atoms with Crippen LogP contribution in [-0.4, -0.2) is 11.1 Å². The lowest BCUT2D eigenvalue weighted by atomic mass is 9.91. The molecule has 0 spiro atoms. The van der Waals surface area contributed by atoms with Crippen LogP contribution in [0, 0.1) is 0 Å². The zero-order chi connectivity index (χ0) is 13.7. The number of aliphatic carboxylic acids is 1. The first kappa shape index (κ1) is 13.3. The highest BCUT2D eigenvalue weighted by atomic mass is 16.4. The molecule has 0 heterocycles. The Morgan fingerprint density at radius 1 is 1.05 bits per heavy atom. The molecule has 19 heavy (non-hydrogen) atoms. The third-order valence-corrected chi connectivity index (χ3v) is 3.38. The topological polar surface area (TPSA) is 37.3 Å². The highest BCUT2D eigenvalue weighted by Crippen LogP contribution is 2.24. The average Bonchev–Trinajstić information content (AvgIpc) is 2.45. The van der Waals surface area contributed by atoms with Gasteiger partial charge in [-0.3, -0.25) is 4.79 Å². The van der Waals surface area contributed by atoms with Crippen LogP contribution in [-0.2, 0) is 11.2 Å². The Morgan fingerprint density at radius 2 is 1.74 bits per heavy atom. The van der Waals surface area contributed by atoms with Gasteiger partial charge >= 0.3 is 5.97 Å². The molecule has 0 aliphatic rings. The summed E-state index contributed by atoms with van der Waals surface area (Å²) in [4.78, 5) is 10.6. The zero-order valence-electron chi connectivity index (χ0n) is 11.0. The molecule has 2 aromatic carbocycles. The van der Waals surface area contributed by atoms with E-state index in [0.29, 0.717) is 12.3 Å². The van der Waals surface area contributed by atoms with Gasteiger partial charge in [0.1, 0.15) is 0 Å². The van der Waals surface area contributed by atoms with Crippen molar-refractivity contribution in [2.45, 2.75) is 25.7 Å². The molecule has 0 saturated carbocycles. The Kier molecular flexibility index (Phi) is 4.35. The van der Waals surface area contributed by atoms with Crippen molar-refractivity contribution in [1.29, 1.82) is 0 Å². The van der Waals surface area contributed by atoms with Crippen LogP contribution in [0.25, 0.3) is 0 Å². The summed E-state index contributed by atoms with van der Waals surface area (Å²) < 4.78 is 0. The second-order valence-corrected chi connectivity index (χ2v) is 4.77. The van der Waals surface area contributed by atoms with E-state index in [-0.39, 0.29) is 6.42 Å². The minimum absolute atomic E-state index is 0.184. The molecule has 0 radical (unpaired) electrons. The van der Waals surface area contributed by atoms with E-state index >= 15 is 0 Å². The summed E-state index contributed by atoms with van der Waals surface area (Å²) >= 11 is 0. The molecule has 2 rings (SSSR count). The first-order valence-corrected chi connectivity index (χ1v) is 6.52. The van der Waals surface area contributed by atoms with Crippen LogP contribution < -0.4 is 0 Å². The third kappa shape index (κ3) is 3.68. The van der Waals surface area contributed by atoms with E-state index in [1.165, 1.54) is 11.1 Å². The van der Waals surface area contributed by atoms with Crippen molar-refractivity contribution in [2.75, 3.05) is 0 Å². The molecule has 1 N–H and O–H groups in total. The van der Waals surface area contributed by atoms with Crippen molar-refractivity contribution in [1.82, 2.24) is 0 Å². The standard InChI is InChI=1S/C17H18O2/c1-13(15-7-3-2-4-8-15)16-9-5-6-14(12-16)10-11-17(18)19/h2-9,12-13H,10-11H2,1H3,(H,18,19). The molecule has 2 nitrogen and oxygen atoms in total. The number of hydrogen-bond acceptors (Lipinski definition) is 1. The lowest BCUT2D eigenvalue weighted by Gasteiger charge is -2.13. The Morgan fingerprint density at radius 3 is 2.42 bits per heavy atom. The number of rotatable bonds is 5. The van der Waals surface area contributed by atoms with Gasteiger partial charge < -0.3 is 5.11 Å². The van der Waals surface area contributed by atoms with Crippen LogP contribution in [0.15, 0.2) is 54.6 Å². The molecule has 1 unspecified atom stereocenters. The Labute approximate surface area is 113 Å². The Bertz CT molecular complexity index is 546. The maximum atomic E-state index is 10.6. The summed E-state index contributed by atoms with van der Waals surface area (Å²) in [6.45, 7) is 2.17. The molecular weight excluding hydrogens is 236 g/mol. The Balaban J connectivity index is 2.16. The molecule has 98 valence electrons. The molecule has 0 bridgehead atoms. The quantitative estimate of drug-likeness (QED) is 0.879. The van der Waals surface area contributed by atoms with Gasteiger partial charge in [-0.25, -0.2) is 0 Å². The lowest BCUT2D eigenvalue weighted by molar-refractivity contribution is -0.136. The van der Waals surface area contributed by atoms with Crippen LogP contribution in [0.5, 0.6) is 0 Å².